The van der Waals surface area contributed by atoms with Crippen LogP contribution in [-0.4, -0.2) is 34.6 Å². The predicted octanol–water partition coefficient (Wildman–Crippen LogP) is 1.80. The van der Waals surface area contributed by atoms with Crippen molar-refractivity contribution in [2.75, 3.05) is 13.2 Å². The highest BCUT2D eigenvalue weighted by molar-refractivity contribution is 4.73. The smallest absolute Gasteiger partial charge is 0.0593 e. The molecule has 0 amide bonds. The highest BCUT2D eigenvalue weighted by Gasteiger charge is 2.23. The van der Waals surface area contributed by atoms with Crippen molar-refractivity contribution >= 4 is 0 Å². The van der Waals surface area contributed by atoms with Crippen LogP contribution < -0.4 is 0 Å². The van der Waals surface area contributed by atoms with Gasteiger partial charge in [-0.25, -0.2) is 0 Å². The van der Waals surface area contributed by atoms with Crippen LogP contribution in [0.3, 0.4) is 0 Å². The summed E-state index contributed by atoms with van der Waals surface area (Å²) in [6.45, 7) is 6.22. The Hall–Kier alpha value is -0.120. The summed E-state index contributed by atoms with van der Waals surface area (Å²) in [6.07, 6.45) is 3.54. The summed E-state index contributed by atoms with van der Waals surface area (Å²) in [4.78, 5) is 0. The number of aliphatic hydroxyl groups is 3. The van der Waals surface area contributed by atoms with Gasteiger partial charge in [-0.15, -0.1) is 0 Å². The van der Waals surface area contributed by atoms with Crippen molar-refractivity contribution in [2.24, 2.45) is 17.8 Å². The largest absolute Gasteiger partial charge is 0.396 e. The lowest BCUT2D eigenvalue weighted by molar-refractivity contribution is 0.0138. The van der Waals surface area contributed by atoms with Crippen molar-refractivity contribution in [2.45, 2.75) is 52.6 Å². The third-order valence-corrected chi connectivity index (χ3v) is 3.26. The number of hydrogen-bond donors (Lipinski definition) is 3. The van der Waals surface area contributed by atoms with Gasteiger partial charge in [-0.1, -0.05) is 40.0 Å². The van der Waals surface area contributed by atoms with Gasteiger partial charge in [0.1, 0.15) is 0 Å². The van der Waals surface area contributed by atoms with Crippen molar-refractivity contribution in [3.63, 3.8) is 0 Å². The molecular formula is C13H28O3. The van der Waals surface area contributed by atoms with Gasteiger partial charge >= 0.3 is 0 Å². The van der Waals surface area contributed by atoms with Gasteiger partial charge in [0.15, 0.2) is 0 Å². The molecule has 0 aliphatic rings. The molecule has 0 spiro atoms. The van der Waals surface area contributed by atoms with Crippen LogP contribution in [0.5, 0.6) is 0 Å². The molecule has 0 heterocycles. The number of aliphatic hydroxyl groups excluding tert-OH is 3. The Morgan fingerprint density at radius 2 is 1.44 bits per heavy atom. The maximum Gasteiger partial charge on any atom is 0.0593 e. The second-order valence-electron chi connectivity index (χ2n) is 5.25. The topological polar surface area (TPSA) is 60.7 Å². The summed E-state index contributed by atoms with van der Waals surface area (Å²) in [5.74, 6) is 0.483. The van der Waals surface area contributed by atoms with E-state index in [9.17, 15) is 10.2 Å². The van der Waals surface area contributed by atoms with Crippen LogP contribution in [0.4, 0.5) is 0 Å². The first-order valence-corrected chi connectivity index (χ1v) is 6.42. The van der Waals surface area contributed by atoms with Crippen LogP contribution in [-0.2, 0) is 0 Å². The molecule has 0 saturated heterocycles. The fraction of sp³-hybridized carbons (Fsp3) is 1.00. The number of hydrogen-bond acceptors (Lipinski definition) is 3. The zero-order valence-electron chi connectivity index (χ0n) is 10.9. The van der Waals surface area contributed by atoms with Crippen LogP contribution in [0.2, 0.25) is 0 Å². The first-order chi connectivity index (χ1) is 7.52. The molecule has 0 rings (SSSR count). The van der Waals surface area contributed by atoms with Gasteiger partial charge in [-0.2, -0.15) is 0 Å². The molecule has 0 aliphatic heterocycles. The highest BCUT2D eigenvalue weighted by atomic mass is 16.3. The maximum atomic E-state index is 9.90. The van der Waals surface area contributed by atoms with E-state index in [-0.39, 0.29) is 25.0 Å². The van der Waals surface area contributed by atoms with Crippen molar-refractivity contribution in [3.05, 3.63) is 0 Å². The van der Waals surface area contributed by atoms with E-state index in [1.54, 1.807) is 0 Å². The normalized spacial score (nSPS) is 17.4. The minimum Gasteiger partial charge on any atom is -0.396 e. The molecule has 98 valence electrons. The van der Waals surface area contributed by atoms with E-state index in [0.29, 0.717) is 5.92 Å². The van der Waals surface area contributed by atoms with E-state index in [1.165, 1.54) is 6.42 Å². The van der Waals surface area contributed by atoms with Gasteiger partial charge in [-0.3, -0.25) is 0 Å². The first kappa shape index (κ1) is 15.9. The molecule has 3 atom stereocenters. The fourth-order valence-corrected chi connectivity index (χ4v) is 1.94. The number of unbranched alkanes of at least 4 members (excludes halogenated alkanes) is 1. The molecule has 0 radical (unpaired) electrons. The zero-order valence-corrected chi connectivity index (χ0v) is 10.9. The average molecular weight is 232 g/mol. The SMILES string of the molecule is CC(C)CCCCC(O)C(CO)C(C)CO. The standard InChI is InChI=1S/C13H28O3/c1-10(2)6-4-5-7-13(16)12(9-15)11(3)8-14/h10-16H,4-9H2,1-3H3. The van der Waals surface area contributed by atoms with Gasteiger partial charge in [0.2, 0.25) is 0 Å². The quantitative estimate of drug-likeness (QED) is 0.531. The molecule has 3 nitrogen and oxygen atoms in total. The molecule has 3 N–H and O–H groups in total. The molecule has 0 aromatic carbocycles. The third kappa shape index (κ3) is 6.46. The van der Waals surface area contributed by atoms with Crippen molar-refractivity contribution in [1.82, 2.24) is 0 Å². The molecule has 0 bridgehead atoms. The Labute approximate surface area is 99.5 Å². The van der Waals surface area contributed by atoms with Crippen molar-refractivity contribution < 1.29 is 15.3 Å². The van der Waals surface area contributed by atoms with Crippen molar-refractivity contribution in [1.29, 1.82) is 0 Å². The molecule has 0 aliphatic carbocycles. The van der Waals surface area contributed by atoms with Crippen LogP contribution in [0.25, 0.3) is 0 Å². The van der Waals surface area contributed by atoms with E-state index < -0.39 is 6.10 Å². The van der Waals surface area contributed by atoms with E-state index in [4.69, 9.17) is 5.11 Å². The third-order valence-electron chi connectivity index (χ3n) is 3.26. The molecule has 16 heavy (non-hydrogen) atoms. The second kappa shape index (κ2) is 8.97. The zero-order chi connectivity index (χ0) is 12.6. The van der Waals surface area contributed by atoms with Gasteiger partial charge in [-0.05, 0) is 18.3 Å². The Morgan fingerprint density at radius 1 is 0.875 bits per heavy atom. The lowest BCUT2D eigenvalue weighted by atomic mass is 9.87. The summed E-state index contributed by atoms with van der Waals surface area (Å²) >= 11 is 0. The second-order valence-corrected chi connectivity index (χ2v) is 5.25. The van der Waals surface area contributed by atoms with E-state index in [1.807, 2.05) is 6.92 Å². The minimum absolute atomic E-state index is 0.0221. The van der Waals surface area contributed by atoms with E-state index in [0.717, 1.165) is 19.3 Å². The van der Waals surface area contributed by atoms with E-state index in [2.05, 4.69) is 13.8 Å². The monoisotopic (exact) mass is 232 g/mol. The fourth-order valence-electron chi connectivity index (χ4n) is 1.94. The highest BCUT2D eigenvalue weighted by Crippen LogP contribution is 2.20. The van der Waals surface area contributed by atoms with Gasteiger partial charge < -0.3 is 15.3 Å². The van der Waals surface area contributed by atoms with Crippen LogP contribution in [0, 0.1) is 17.8 Å². The van der Waals surface area contributed by atoms with Gasteiger partial charge in [0.05, 0.1) is 6.10 Å². The van der Waals surface area contributed by atoms with Crippen LogP contribution in [0.15, 0.2) is 0 Å². The summed E-state index contributed by atoms with van der Waals surface area (Å²) in [7, 11) is 0. The molecule has 3 unspecified atom stereocenters. The molecule has 0 saturated carbocycles. The number of rotatable bonds is 9. The van der Waals surface area contributed by atoms with Gasteiger partial charge in [0.25, 0.3) is 0 Å². The van der Waals surface area contributed by atoms with Crippen LogP contribution in [0.1, 0.15) is 46.5 Å². The summed E-state index contributed by atoms with van der Waals surface area (Å²) < 4.78 is 0. The Kier molecular flexibility index (Phi) is 8.90. The Morgan fingerprint density at radius 3 is 1.88 bits per heavy atom. The Balaban J connectivity index is 3.79. The lowest BCUT2D eigenvalue weighted by Gasteiger charge is -2.25. The Bertz CT molecular complexity index is 159. The first-order valence-electron chi connectivity index (χ1n) is 6.42. The molecule has 0 fully saturated rings. The van der Waals surface area contributed by atoms with Crippen LogP contribution >= 0.6 is 0 Å². The van der Waals surface area contributed by atoms with Gasteiger partial charge in [0, 0.05) is 19.1 Å². The average Bonchev–Trinajstić information content (AvgIpc) is 2.24. The summed E-state index contributed by atoms with van der Waals surface area (Å²) in [5.41, 5.74) is 0. The lowest BCUT2D eigenvalue weighted by Crippen LogP contribution is -2.31. The van der Waals surface area contributed by atoms with E-state index >= 15 is 0 Å². The maximum absolute atomic E-state index is 9.90. The molecular weight excluding hydrogens is 204 g/mol. The molecule has 3 heteroatoms. The van der Waals surface area contributed by atoms with Crippen molar-refractivity contribution in [3.8, 4) is 0 Å². The minimum atomic E-state index is -0.487. The predicted molar refractivity (Wildman–Crippen MR) is 66.1 cm³/mol. The molecule has 0 aromatic heterocycles. The molecule has 0 aromatic rings. The summed E-state index contributed by atoms with van der Waals surface area (Å²) in [5, 5.41) is 28.1. The summed E-state index contributed by atoms with van der Waals surface area (Å²) in [6, 6.07) is 0.